The molecule has 0 bridgehead atoms. The summed E-state index contributed by atoms with van der Waals surface area (Å²) in [6, 6.07) is 9.14. The van der Waals surface area contributed by atoms with Gasteiger partial charge in [0.2, 0.25) is 0 Å². The van der Waals surface area contributed by atoms with Gasteiger partial charge in [-0.2, -0.15) is 0 Å². The second-order valence-corrected chi connectivity index (χ2v) is 5.65. The second kappa shape index (κ2) is 5.66. The fraction of sp³-hybridized carbons (Fsp3) is 0. The summed E-state index contributed by atoms with van der Waals surface area (Å²) in [5.41, 5.74) is 0.933. The van der Waals surface area contributed by atoms with Crippen molar-refractivity contribution < 1.29 is 9.90 Å². The third-order valence-corrected chi connectivity index (χ3v) is 3.28. The van der Waals surface area contributed by atoms with Crippen molar-refractivity contribution in [3.05, 3.63) is 50.1 Å². The smallest absolute Gasteiger partial charge is 0.339 e. The average molecular weight is 419 g/mol. The van der Waals surface area contributed by atoms with Crippen LogP contribution in [0.1, 0.15) is 10.4 Å². The van der Waals surface area contributed by atoms with Gasteiger partial charge in [-0.3, -0.25) is 0 Å². The normalized spacial score (nSPS) is 10.1. The van der Waals surface area contributed by atoms with Crippen LogP contribution in [0.2, 0.25) is 0 Å². The van der Waals surface area contributed by atoms with E-state index in [2.05, 4.69) is 48.8 Å². The van der Waals surface area contributed by atoms with Crippen molar-refractivity contribution in [1.29, 1.82) is 0 Å². The molecule has 2 N–H and O–H groups in total. The average Bonchev–Trinajstić information content (AvgIpc) is 2.31. The molecule has 2 rings (SSSR count). The van der Waals surface area contributed by atoms with Crippen LogP contribution >= 0.6 is 38.5 Å². The molecule has 1 aromatic carbocycles. The summed E-state index contributed by atoms with van der Waals surface area (Å²) in [4.78, 5) is 15.2. The molecule has 0 fully saturated rings. The van der Waals surface area contributed by atoms with Crippen LogP contribution in [0.4, 0.5) is 11.5 Å². The fourth-order valence-electron chi connectivity index (χ4n) is 1.40. The Balaban J connectivity index is 2.37. The number of carboxylic acids is 1. The van der Waals surface area contributed by atoms with Crippen molar-refractivity contribution >= 4 is 56.0 Å². The summed E-state index contributed by atoms with van der Waals surface area (Å²) >= 11 is 5.40. The number of benzene rings is 1. The molecule has 92 valence electrons. The van der Waals surface area contributed by atoms with Crippen molar-refractivity contribution in [2.45, 2.75) is 0 Å². The number of aromatic nitrogens is 1. The molecule has 0 unspecified atom stereocenters. The van der Waals surface area contributed by atoms with E-state index in [0.29, 0.717) is 10.3 Å². The van der Waals surface area contributed by atoms with Crippen LogP contribution in [0.3, 0.4) is 0 Å². The topological polar surface area (TPSA) is 62.2 Å². The maximum absolute atomic E-state index is 11.1. The minimum Gasteiger partial charge on any atom is -0.478 e. The van der Waals surface area contributed by atoms with Gasteiger partial charge in [0.25, 0.3) is 0 Å². The highest BCUT2D eigenvalue weighted by Crippen LogP contribution is 2.22. The van der Waals surface area contributed by atoms with Crippen LogP contribution in [-0.2, 0) is 0 Å². The molecular formula is C12H8BrIN2O2. The van der Waals surface area contributed by atoms with Gasteiger partial charge in [0.05, 0.1) is 0 Å². The Kier molecular flexibility index (Phi) is 4.18. The number of aromatic carboxylic acids is 1. The van der Waals surface area contributed by atoms with Gasteiger partial charge < -0.3 is 10.4 Å². The van der Waals surface area contributed by atoms with E-state index in [1.54, 1.807) is 6.20 Å². The number of rotatable bonds is 3. The minimum absolute atomic E-state index is 0.128. The van der Waals surface area contributed by atoms with Crippen LogP contribution in [0.5, 0.6) is 0 Å². The number of hydrogen-bond donors (Lipinski definition) is 2. The quantitative estimate of drug-likeness (QED) is 0.742. The van der Waals surface area contributed by atoms with Crippen LogP contribution in [-0.4, -0.2) is 16.1 Å². The zero-order valence-electron chi connectivity index (χ0n) is 9.02. The van der Waals surface area contributed by atoms with Crippen molar-refractivity contribution in [2.24, 2.45) is 0 Å². The van der Waals surface area contributed by atoms with Crippen LogP contribution in [0, 0.1) is 3.57 Å². The Hall–Kier alpha value is -1.15. The molecule has 0 aliphatic carbocycles. The second-order valence-electron chi connectivity index (χ2n) is 3.49. The lowest BCUT2D eigenvalue weighted by Gasteiger charge is -2.09. The summed E-state index contributed by atoms with van der Waals surface area (Å²) in [5.74, 6) is -0.690. The van der Waals surface area contributed by atoms with E-state index < -0.39 is 5.97 Å². The van der Waals surface area contributed by atoms with Gasteiger partial charge in [0.15, 0.2) is 0 Å². The first-order chi connectivity index (χ1) is 8.56. The van der Waals surface area contributed by atoms with Crippen LogP contribution < -0.4 is 5.32 Å². The third kappa shape index (κ3) is 3.20. The van der Waals surface area contributed by atoms with E-state index in [0.717, 1.165) is 9.26 Å². The van der Waals surface area contributed by atoms with Crippen molar-refractivity contribution in [2.75, 3.05) is 5.32 Å². The first-order valence-electron chi connectivity index (χ1n) is 4.97. The fourth-order valence-corrected chi connectivity index (χ4v) is 2.28. The highest BCUT2D eigenvalue weighted by molar-refractivity contribution is 14.1. The van der Waals surface area contributed by atoms with Gasteiger partial charge in [-0.15, -0.1) is 0 Å². The maximum atomic E-state index is 11.1. The lowest BCUT2D eigenvalue weighted by Crippen LogP contribution is -2.04. The third-order valence-electron chi connectivity index (χ3n) is 2.17. The first-order valence-corrected chi connectivity index (χ1v) is 6.85. The Morgan fingerprint density at radius 1 is 1.39 bits per heavy atom. The number of nitrogens with zero attached hydrogens (tertiary/aromatic N) is 1. The van der Waals surface area contributed by atoms with Crippen molar-refractivity contribution in [1.82, 2.24) is 4.98 Å². The molecule has 0 radical (unpaired) electrons. The zero-order valence-corrected chi connectivity index (χ0v) is 12.8. The minimum atomic E-state index is -1.02. The Morgan fingerprint density at radius 2 is 2.17 bits per heavy atom. The molecule has 0 spiro atoms. The van der Waals surface area contributed by atoms with E-state index in [1.807, 2.05) is 24.3 Å². The summed E-state index contributed by atoms with van der Waals surface area (Å²) in [5, 5.41) is 12.1. The van der Waals surface area contributed by atoms with Crippen LogP contribution in [0.25, 0.3) is 0 Å². The lowest BCUT2D eigenvalue weighted by molar-refractivity contribution is 0.0697. The van der Waals surface area contributed by atoms with Gasteiger partial charge in [-0.1, -0.05) is 6.07 Å². The van der Waals surface area contributed by atoms with Gasteiger partial charge in [0, 0.05) is 19.9 Å². The molecule has 0 amide bonds. The van der Waals surface area contributed by atoms with E-state index >= 15 is 0 Å². The highest BCUT2D eigenvalue weighted by atomic mass is 127. The highest BCUT2D eigenvalue weighted by Gasteiger charge is 2.12. The van der Waals surface area contributed by atoms with E-state index in [4.69, 9.17) is 5.11 Å². The predicted octanol–water partition coefficient (Wildman–Crippen LogP) is 3.89. The van der Waals surface area contributed by atoms with Crippen molar-refractivity contribution in [3.63, 3.8) is 0 Å². The molecule has 1 aromatic heterocycles. The molecule has 0 saturated heterocycles. The summed E-state index contributed by atoms with van der Waals surface area (Å²) in [6.45, 7) is 0. The Labute approximate surface area is 126 Å². The van der Waals surface area contributed by atoms with Gasteiger partial charge in [-0.25, -0.2) is 9.78 Å². The molecule has 4 nitrogen and oxygen atoms in total. The monoisotopic (exact) mass is 418 g/mol. The number of hydrogen-bond acceptors (Lipinski definition) is 3. The van der Waals surface area contributed by atoms with E-state index in [-0.39, 0.29) is 5.56 Å². The Morgan fingerprint density at radius 3 is 2.83 bits per heavy atom. The molecule has 0 aliphatic rings. The number of carbonyl (C=O) groups is 1. The number of carboxylic acid groups (broad SMARTS) is 1. The zero-order chi connectivity index (χ0) is 13.1. The summed E-state index contributed by atoms with van der Waals surface area (Å²) in [7, 11) is 0. The number of halogens is 2. The van der Waals surface area contributed by atoms with Gasteiger partial charge in [0.1, 0.15) is 11.4 Å². The molecule has 18 heavy (non-hydrogen) atoms. The number of anilines is 2. The van der Waals surface area contributed by atoms with Crippen LogP contribution in [0.15, 0.2) is 41.0 Å². The molecule has 2 aromatic rings. The van der Waals surface area contributed by atoms with Crippen molar-refractivity contribution in [3.8, 4) is 0 Å². The Bertz CT molecular complexity index is 604. The van der Waals surface area contributed by atoms with E-state index in [9.17, 15) is 4.79 Å². The SMILES string of the molecule is O=C(O)c1cc(Br)cnc1Nc1cccc(I)c1. The molecule has 6 heteroatoms. The molecule has 0 atom stereocenters. The number of nitrogens with one attached hydrogen (secondary N) is 1. The largest absolute Gasteiger partial charge is 0.478 e. The van der Waals surface area contributed by atoms with Gasteiger partial charge >= 0.3 is 5.97 Å². The summed E-state index contributed by atoms with van der Waals surface area (Å²) in [6.07, 6.45) is 1.56. The predicted molar refractivity (Wildman–Crippen MR) is 81.3 cm³/mol. The lowest BCUT2D eigenvalue weighted by atomic mass is 10.2. The van der Waals surface area contributed by atoms with E-state index in [1.165, 1.54) is 6.07 Å². The van der Waals surface area contributed by atoms with Gasteiger partial charge in [-0.05, 0) is 62.8 Å². The molecule has 1 heterocycles. The standard InChI is InChI=1S/C12H8BrIN2O2/c13-7-4-10(12(17)18)11(15-6-7)16-9-3-1-2-8(14)5-9/h1-6H,(H,15,16)(H,17,18). The molecular weight excluding hydrogens is 411 g/mol. The number of pyridine rings is 1. The first kappa shape index (κ1) is 13.3. The molecule has 0 aliphatic heterocycles. The summed E-state index contributed by atoms with van der Waals surface area (Å²) < 4.78 is 1.69. The molecule has 0 saturated carbocycles. The maximum Gasteiger partial charge on any atom is 0.339 e.